The zero-order chi connectivity index (χ0) is 13.4. The van der Waals surface area contributed by atoms with Crippen LogP contribution in [0.25, 0.3) is 10.8 Å². The standard InChI is InChI=1S/C14H12N2O3/c17-7-12-14(19)15-11-6-9-4-2-1-3-8(9)5-10(11)13(18)16-12/h1-6,12,17H,7H2,(H,15,19)(H,16,18). The van der Waals surface area contributed by atoms with Crippen LogP contribution in [-0.4, -0.2) is 29.6 Å². The van der Waals surface area contributed by atoms with Gasteiger partial charge >= 0.3 is 0 Å². The molecule has 0 saturated heterocycles. The van der Waals surface area contributed by atoms with Crippen LogP contribution >= 0.6 is 0 Å². The first-order chi connectivity index (χ1) is 9.19. The van der Waals surface area contributed by atoms with Gasteiger partial charge in [-0.2, -0.15) is 0 Å². The van der Waals surface area contributed by atoms with E-state index in [2.05, 4.69) is 10.6 Å². The van der Waals surface area contributed by atoms with Crippen LogP contribution in [0.4, 0.5) is 5.69 Å². The maximum Gasteiger partial charge on any atom is 0.254 e. The van der Waals surface area contributed by atoms with E-state index in [1.165, 1.54) is 0 Å². The van der Waals surface area contributed by atoms with Crippen LogP contribution < -0.4 is 10.6 Å². The van der Waals surface area contributed by atoms with Crippen molar-refractivity contribution in [3.05, 3.63) is 42.0 Å². The Labute approximate surface area is 109 Å². The van der Waals surface area contributed by atoms with Crippen molar-refractivity contribution >= 4 is 28.3 Å². The van der Waals surface area contributed by atoms with Gasteiger partial charge in [-0.3, -0.25) is 9.59 Å². The summed E-state index contributed by atoms with van der Waals surface area (Å²) in [6, 6.07) is 10.2. The summed E-state index contributed by atoms with van der Waals surface area (Å²) in [6.45, 7) is -0.426. The highest BCUT2D eigenvalue weighted by atomic mass is 16.3. The number of hydrogen-bond donors (Lipinski definition) is 3. The molecule has 2 aromatic rings. The molecular formula is C14H12N2O3. The van der Waals surface area contributed by atoms with E-state index in [1.54, 1.807) is 12.1 Å². The second-order valence-electron chi connectivity index (χ2n) is 4.44. The summed E-state index contributed by atoms with van der Waals surface area (Å²) in [7, 11) is 0. The molecule has 2 amide bonds. The van der Waals surface area contributed by atoms with Crippen LogP contribution in [0.3, 0.4) is 0 Å². The number of anilines is 1. The molecule has 1 atom stereocenters. The minimum Gasteiger partial charge on any atom is -0.394 e. The minimum absolute atomic E-state index is 0.363. The zero-order valence-electron chi connectivity index (χ0n) is 10.0. The van der Waals surface area contributed by atoms with Crippen molar-refractivity contribution in [3.8, 4) is 0 Å². The van der Waals surface area contributed by atoms with E-state index in [9.17, 15) is 9.59 Å². The molecule has 2 aromatic carbocycles. The van der Waals surface area contributed by atoms with Crippen molar-refractivity contribution in [2.45, 2.75) is 6.04 Å². The second kappa shape index (κ2) is 4.37. The number of aliphatic hydroxyl groups excluding tert-OH is 1. The van der Waals surface area contributed by atoms with E-state index < -0.39 is 18.6 Å². The van der Waals surface area contributed by atoms with Crippen molar-refractivity contribution in [1.29, 1.82) is 0 Å². The lowest BCUT2D eigenvalue weighted by Gasteiger charge is -2.10. The number of benzene rings is 2. The fourth-order valence-corrected chi connectivity index (χ4v) is 2.18. The molecule has 0 radical (unpaired) electrons. The van der Waals surface area contributed by atoms with Gasteiger partial charge < -0.3 is 15.7 Å². The van der Waals surface area contributed by atoms with Gasteiger partial charge in [-0.25, -0.2) is 0 Å². The summed E-state index contributed by atoms with van der Waals surface area (Å²) in [5, 5.41) is 16.1. The van der Waals surface area contributed by atoms with E-state index in [0.29, 0.717) is 11.3 Å². The average Bonchev–Trinajstić information content (AvgIpc) is 2.54. The molecular weight excluding hydrogens is 244 g/mol. The van der Waals surface area contributed by atoms with Crippen molar-refractivity contribution in [1.82, 2.24) is 5.32 Å². The Morgan fingerprint density at radius 3 is 2.47 bits per heavy atom. The van der Waals surface area contributed by atoms with Gasteiger partial charge in [0.2, 0.25) is 5.91 Å². The van der Waals surface area contributed by atoms with Crippen molar-refractivity contribution in [3.63, 3.8) is 0 Å². The summed E-state index contributed by atoms with van der Waals surface area (Å²) in [5.41, 5.74) is 0.875. The lowest BCUT2D eigenvalue weighted by atomic mass is 10.0. The highest BCUT2D eigenvalue weighted by molar-refractivity contribution is 6.12. The smallest absolute Gasteiger partial charge is 0.254 e. The third kappa shape index (κ3) is 1.94. The minimum atomic E-state index is -0.914. The lowest BCUT2D eigenvalue weighted by Crippen LogP contribution is -2.43. The topological polar surface area (TPSA) is 78.4 Å². The summed E-state index contributed by atoms with van der Waals surface area (Å²) in [6.07, 6.45) is 0. The number of fused-ring (bicyclic) bond motifs is 2. The van der Waals surface area contributed by atoms with Gasteiger partial charge in [-0.15, -0.1) is 0 Å². The Bertz CT molecular complexity index is 681. The van der Waals surface area contributed by atoms with Crippen LogP contribution in [-0.2, 0) is 4.79 Å². The predicted octanol–water partition coefficient (Wildman–Crippen LogP) is 0.883. The van der Waals surface area contributed by atoms with Crippen LogP contribution in [0.5, 0.6) is 0 Å². The summed E-state index contributed by atoms with van der Waals surface area (Å²) in [4.78, 5) is 23.9. The first-order valence-corrected chi connectivity index (χ1v) is 5.94. The fourth-order valence-electron chi connectivity index (χ4n) is 2.18. The monoisotopic (exact) mass is 256 g/mol. The number of aliphatic hydroxyl groups is 1. The molecule has 96 valence electrons. The normalized spacial score (nSPS) is 18.5. The van der Waals surface area contributed by atoms with Crippen LogP contribution in [0.1, 0.15) is 10.4 Å². The van der Waals surface area contributed by atoms with Crippen molar-refractivity contribution in [2.24, 2.45) is 0 Å². The number of amides is 2. The fraction of sp³-hybridized carbons (Fsp3) is 0.143. The number of carbonyl (C=O) groups is 2. The summed E-state index contributed by atoms with van der Waals surface area (Å²) in [5.74, 6) is -0.775. The first-order valence-electron chi connectivity index (χ1n) is 5.94. The van der Waals surface area contributed by atoms with Crippen LogP contribution in [0.2, 0.25) is 0 Å². The van der Waals surface area contributed by atoms with Gasteiger partial charge in [0.1, 0.15) is 6.04 Å². The Kier molecular flexibility index (Phi) is 2.68. The molecule has 0 fully saturated rings. The van der Waals surface area contributed by atoms with Crippen molar-refractivity contribution < 1.29 is 14.7 Å². The van der Waals surface area contributed by atoms with Gasteiger partial charge in [-0.1, -0.05) is 24.3 Å². The van der Waals surface area contributed by atoms with E-state index >= 15 is 0 Å². The lowest BCUT2D eigenvalue weighted by molar-refractivity contribution is -0.118. The number of rotatable bonds is 1. The molecule has 0 spiro atoms. The summed E-state index contributed by atoms with van der Waals surface area (Å²) >= 11 is 0. The van der Waals surface area contributed by atoms with Crippen LogP contribution in [0, 0.1) is 0 Å². The van der Waals surface area contributed by atoms with Gasteiger partial charge in [-0.05, 0) is 22.9 Å². The molecule has 1 aliphatic rings. The highest BCUT2D eigenvalue weighted by Gasteiger charge is 2.27. The Balaban J connectivity index is 2.17. The maximum absolute atomic E-state index is 12.0. The van der Waals surface area contributed by atoms with E-state index in [1.807, 2.05) is 24.3 Å². The Morgan fingerprint density at radius 1 is 1.11 bits per heavy atom. The largest absolute Gasteiger partial charge is 0.394 e. The molecule has 1 heterocycles. The maximum atomic E-state index is 12.0. The third-order valence-corrected chi connectivity index (χ3v) is 3.19. The van der Waals surface area contributed by atoms with E-state index in [0.717, 1.165) is 10.8 Å². The Morgan fingerprint density at radius 2 is 1.79 bits per heavy atom. The third-order valence-electron chi connectivity index (χ3n) is 3.19. The quantitative estimate of drug-likeness (QED) is 0.708. The van der Waals surface area contributed by atoms with E-state index in [4.69, 9.17) is 5.11 Å². The predicted molar refractivity (Wildman–Crippen MR) is 70.9 cm³/mol. The summed E-state index contributed by atoms with van der Waals surface area (Å²) < 4.78 is 0. The SMILES string of the molecule is O=C1NC(CO)C(=O)Nc2cc3ccccc3cc21. The Hall–Kier alpha value is -2.40. The number of carbonyl (C=O) groups excluding carboxylic acids is 2. The van der Waals surface area contributed by atoms with Gasteiger partial charge in [0.05, 0.1) is 17.9 Å². The molecule has 19 heavy (non-hydrogen) atoms. The number of hydrogen-bond acceptors (Lipinski definition) is 3. The van der Waals surface area contributed by atoms with Gasteiger partial charge in [0.15, 0.2) is 0 Å². The van der Waals surface area contributed by atoms with E-state index in [-0.39, 0.29) is 5.91 Å². The number of nitrogens with one attached hydrogen (secondary N) is 2. The average molecular weight is 256 g/mol. The zero-order valence-corrected chi connectivity index (χ0v) is 10.0. The molecule has 5 nitrogen and oxygen atoms in total. The second-order valence-corrected chi connectivity index (χ2v) is 4.44. The molecule has 1 aliphatic heterocycles. The molecule has 3 N–H and O–H groups in total. The van der Waals surface area contributed by atoms with Gasteiger partial charge in [0, 0.05) is 0 Å². The molecule has 5 heteroatoms. The highest BCUT2D eigenvalue weighted by Crippen LogP contribution is 2.25. The van der Waals surface area contributed by atoms with Crippen molar-refractivity contribution in [2.75, 3.05) is 11.9 Å². The molecule has 0 saturated carbocycles. The van der Waals surface area contributed by atoms with Gasteiger partial charge in [0.25, 0.3) is 5.91 Å². The molecule has 0 bridgehead atoms. The molecule has 0 aliphatic carbocycles. The molecule has 0 aromatic heterocycles. The van der Waals surface area contributed by atoms with Crippen LogP contribution in [0.15, 0.2) is 36.4 Å². The first kappa shape index (κ1) is 11.7. The molecule has 1 unspecified atom stereocenters. The molecule has 3 rings (SSSR count).